The van der Waals surface area contributed by atoms with Crippen molar-refractivity contribution in [3.05, 3.63) is 99.7 Å². The average molecular weight is 444 g/mol. The van der Waals surface area contributed by atoms with E-state index < -0.39 is 5.92 Å². The van der Waals surface area contributed by atoms with E-state index >= 15 is 0 Å². The van der Waals surface area contributed by atoms with Gasteiger partial charge in [0.2, 0.25) is 0 Å². The molecule has 4 aromatic rings. The molecule has 33 heavy (non-hydrogen) atoms. The Hall–Kier alpha value is -3.41. The summed E-state index contributed by atoms with van der Waals surface area (Å²) in [5.41, 5.74) is 6.29. The van der Waals surface area contributed by atoms with Gasteiger partial charge < -0.3 is 20.4 Å². The van der Waals surface area contributed by atoms with Crippen LogP contribution < -0.4 is 0 Å². The number of aryl methyl sites for hydroxylation is 2. The zero-order valence-corrected chi connectivity index (χ0v) is 18.9. The highest BCUT2D eigenvalue weighted by Crippen LogP contribution is 2.45. The third-order valence-corrected chi connectivity index (χ3v) is 6.20. The molecule has 3 aromatic carbocycles. The summed E-state index contributed by atoms with van der Waals surface area (Å²) in [5.74, 6) is -0.160. The summed E-state index contributed by atoms with van der Waals surface area (Å²) in [7, 11) is 0. The maximum atomic E-state index is 11.2. The number of phenols is 2. The standard InChI is InChI=1S/C28H29NO4/c1-17-13-19(8-11-30)15-23(27(17)32)26(22-7-10-29-25-6-4-3-5-21(22)25)24-16-20(9-12-31)14-18(2)28(24)33/h3-7,10,13-16,26,30-33H,8-9,11-12H2,1-2H3. The van der Waals surface area contributed by atoms with Crippen LogP contribution in [0.5, 0.6) is 11.5 Å². The summed E-state index contributed by atoms with van der Waals surface area (Å²) in [5, 5.41) is 42.4. The van der Waals surface area contributed by atoms with Crippen molar-refractivity contribution in [1.82, 2.24) is 4.98 Å². The Labute approximate surface area is 193 Å². The van der Waals surface area contributed by atoms with E-state index in [0.717, 1.165) is 27.6 Å². The minimum atomic E-state index is -0.479. The van der Waals surface area contributed by atoms with Crippen molar-refractivity contribution in [1.29, 1.82) is 0 Å². The van der Waals surface area contributed by atoms with E-state index in [0.29, 0.717) is 35.1 Å². The normalized spacial score (nSPS) is 11.4. The summed E-state index contributed by atoms with van der Waals surface area (Å²) < 4.78 is 0. The highest BCUT2D eigenvalue weighted by atomic mass is 16.3. The molecule has 4 rings (SSSR count). The van der Waals surface area contributed by atoms with Crippen molar-refractivity contribution in [2.75, 3.05) is 13.2 Å². The van der Waals surface area contributed by atoms with Crippen molar-refractivity contribution in [2.45, 2.75) is 32.6 Å². The molecular weight excluding hydrogens is 414 g/mol. The number of hydrogen-bond donors (Lipinski definition) is 4. The lowest BCUT2D eigenvalue weighted by atomic mass is 9.80. The van der Waals surface area contributed by atoms with E-state index in [9.17, 15) is 20.4 Å². The number of fused-ring (bicyclic) bond motifs is 1. The molecule has 0 saturated carbocycles. The largest absolute Gasteiger partial charge is 0.507 e. The highest BCUT2D eigenvalue weighted by Gasteiger charge is 2.27. The van der Waals surface area contributed by atoms with Gasteiger partial charge in [0.15, 0.2) is 0 Å². The minimum absolute atomic E-state index is 0.00283. The van der Waals surface area contributed by atoms with Crippen LogP contribution in [0.2, 0.25) is 0 Å². The summed E-state index contributed by atoms with van der Waals surface area (Å²) in [6.07, 6.45) is 2.68. The van der Waals surface area contributed by atoms with Crippen molar-refractivity contribution in [2.24, 2.45) is 0 Å². The first-order valence-electron chi connectivity index (χ1n) is 11.1. The van der Waals surface area contributed by atoms with Gasteiger partial charge >= 0.3 is 0 Å². The van der Waals surface area contributed by atoms with Gasteiger partial charge in [-0.15, -0.1) is 0 Å². The number of aromatic hydroxyl groups is 2. The van der Waals surface area contributed by atoms with Crippen LogP contribution in [0.3, 0.4) is 0 Å². The molecule has 0 unspecified atom stereocenters. The fourth-order valence-corrected chi connectivity index (χ4v) is 4.63. The first-order chi connectivity index (χ1) is 15.9. The molecule has 1 aromatic heterocycles. The maximum absolute atomic E-state index is 11.2. The Balaban J connectivity index is 2.08. The molecule has 0 fully saturated rings. The fraction of sp³-hybridized carbons (Fsp3) is 0.250. The molecule has 0 spiro atoms. The Bertz CT molecular complexity index is 1230. The number of phenolic OH excluding ortho intramolecular Hbond substituents is 2. The van der Waals surface area contributed by atoms with E-state index in [1.54, 1.807) is 6.20 Å². The Morgan fingerprint density at radius 2 is 1.27 bits per heavy atom. The molecule has 4 N–H and O–H groups in total. The Morgan fingerprint density at radius 1 is 0.727 bits per heavy atom. The summed E-state index contributed by atoms with van der Waals surface area (Å²) in [4.78, 5) is 4.49. The minimum Gasteiger partial charge on any atom is -0.507 e. The Kier molecular flexibility index (Phi) is 6.63. The molecular formula is C28H29NO4. The molecule has 1 heterocycles. The predicted octanol–water partition coefficient (Wildman–Crippen LogP) is 4.51. The number of aliphatic hydroxyl groups excluding tert-OH is 2. The van der Waals surface area contributed by atoms with Gasteiger partial charge in [0.25, 0.3) is 0 Å². The molecule has 5 nitrogen and oxygen atoms in total. The summed E-state index contributed by atoms with van der Waals surface area (Å²) >= 11 is 0. The fourth-order valence-electron chi connectivity index (χ4n) is 4.63. The summed E-state index contributed by atoms with van der Waals surface area (Å²) in [6.45, 7) is 3.69. The number of aromatic nitrogens is 1. The van der Waals surface area contributed by atoms with E-state index in [4.69, 9.17) is 0 Å². The number of para-hydroxylation sites is 1. The van der Waals surface area contributed by atoms with Crippen LogP contribution in [0.25, 0.3) is 10.9 Å². The average Bonchev–Trinajstić information content (AvgIpc) is 2.80. The predicted molar refractivity (Wildman–Crippen MR) is 130 cm³/mol. The molecule has 0 bridgehead atoms. The van der Waals surface area contributed by atoms with Crippen LogP contribution in [-0.2, 0) is 12.8 Å². The van der Waals surface area contributed by atoms with Gasteiger partial charge in [0.05, 0.1) is 5.52 Å². The van der Waals surface area contributed by atoms with E-state index in [2.05, 4.69) is 4.98 Å². The van der Waals surface area contributed by atoms with Gasteiger partial charge in [-0.05, 0) is 66.6 Å². The molecule has 0 aliphatic heterocycles. The number of benzene rings is 3. The molecule has 0 aliphatic carbocycles. The second-order valence-corrected chi connectivity index (χ2v) is 8.50. The van der Waals surface area contributed by atoms with Crippen LogP contribution >= 0.6 is 0 Å². The first-order valence-corrected chi connectivity index (χ1v) is 11.1. The van der Waals surface area contributed by atoms with Gasteiger partial charge in [-0.3, -0.25) is 4.98 Å². The highest BCUT2D eigenvalue weighted by molar-refractivity contribution is 5.84. The first kappa shape index (κ1) is 22.8. The molecule has 0 saturated heterocycles. The second kappa shape index (κ2) is 9.61. The number of aliphatic hydroxyl groups is 2. The number of nitrogens with zero attached hydrogens (tertiary/aromatic N) is 1. The van der Waals surface area contributed by atoms with Crippen molar-refractivity contribution < 1.29 is 20.4 Å². The van der Waals surface area contributed by atoms with Crippen molar-refractivity contribution in [3.63, 3.8) is 0 Å². The van der Waals surface area contributed by atoms with Gasteiger partial charge in [-0.1, -0.05) is 42.5 Å². The van der Waals surface area contributed by atoms with Gasteiger partial charge in [0.1, 0.15) is 11.5 Å². The molecule has 170 valence electrons. The zero-order chi connectivity index (χ0) is 23.5. The van der Waals surface area contributed by atoms with Gasteiger partial charge in [-0.25, -0.2) is 0 Å². The molecule has 0 aliphatic rings. The lowest BCUT2D eigenvalue weighted by Gasteiger charge is -2.25. The monoisotopic (exact) mass is 443 g/mol. The smallest absolute Gasteiger partial charge is 0.122 e. The van der Waals surface area contributed by atoms with Crippen LogP contribution in [0.15, 0.2) is 60.8 Å². The third-order valence-electron chi connectivity index (χ3n) is 6.20. The zero-order valence-electron chi connectivity index (χ0n) is 18.9. The number of hydrogen-bond acceptors (Lipinski definition) is 5. The van der Waals surface area contributed by atoms with Crippen LogP contribution in [0.4, 0.5) is 0 Å². The molecule has 0 amide bonds. The van der Waals surface area contributed by atoms with Crippen LogP contribution in [0.1, 0.15) is 44.9 Å². The number of pyridine rings is 1. The summed E-state index contributed by atoms with van der Waals surface area (Å²) in [6, 6.07) is 17.3. The van der Waals surface area contributed by atoms with Crippen LogP contribution in [-0.4, -0.2) is 38.6 Å². The number of rotatable bonds is 7. The van der Waals surface area contributed by atoms with Crippen LogP contribution in [0, 0.1) is 13.8 Å². The van der Waals surface area contributed by atoms with Crippen molar-refractivity contribution in [3.8, 4) is 11.5 Å². The molecule has 0 atom stereocenters. The Morgan fingerprint density at radius 3 is 1.82 bits per heavy atom. The topological polar surface area (TPSA) is 93.8 Å². The van der Waals surface area contributed by atoms with E-state index in [1.165, 1.54) is 0 Å². The lowest BCUT2D eigenvalue weighted by Crippen LogP contribution is -2.09. The van der Waals surface area contributed by atoms with Crippen molar-refractivity contribution >= 4 is 10.9 Å². The molecule has 0 radical (unpaired) electrons. The molecule has 5 heteroatoms. The SMILES string of the molecule is Cc1cc(CCO)cc(C(c2cc(CCO)cc(C)c2O)c2ccnc3ccccc23)c1O. The maximum Gasteiger partial charge on any atom is 0.122 e. The second-order valence-electron chi connectivity index (χ2n) is 8.50. The third kappa shape index (κ3) is 4.42. The quantitative estimate of drug-likeness (QED) is 0.337. The lowest BCUT2D eigenvalue weighted by molar-refractivity contribution is 0.299. The van der Waals surface area contributed by atoms with Gasteiger partial charge in [0, 0.05) is 41.8 Å². The van der Waals surface area contributed by atoms with E-state index in [1.807, 2.05) is 68.4 Å². The van der Waals surface area contributed by atoms with E-state index in [-0.39, 0.29) is 24.7 Å². The van der Waals surface area contributed by atoms with Gasteiger partial charge in [-0.2, -0.15) is 0 Å².